The van der Waals surface area contributed by atoms with E-state index in [9.17, 15) is 0 Å². The minimum absolute atomic E-state index is 0.181. The quantitative estimate of drug-likeness (QED) is 0.462. The summed E-state index contributed by atoms with van der Waals surface area (Å²) in [6.45, 7) is 2.23. The van der Waals surface area contributed by atoms with Crippen molar-refractivity contribution in [3.05, 3.63) is 71.3 Å². The number of benzene rings is 2. The van der Waals surface area contributed by atoms with E-state index in [4.69, 9.17) is 10.0 Å². The molecule has 0 fully saturated rings. The van der Waals surface area contributed by atoms with E-state index >= 15 is 0 Å². The molecule has 118 valence electrons. The second-order valence-corrected chi connectivity index (χ2v) is 5.15. The van der Waals surface area contributed by atoms with E-state index in [-0.39, 0.29) is 6.41 Å². The lowest BCUT2D eigenvalue weighted by Crippen LogP contribution is -1.99. The van der Waals surface area contributed by atoms with Crippen LogP contribution >= 0.6 is 0 Å². The van der Waals surface area contributed by atoms with Gasteiger partial charge in [-0.2, -0.15) is 0 Å². The first-order valence-electron chi connectivity index (χ1n) is 7.75. The molecule has 0 aliphatic carbocycles. The molecule has 0 aliphatic heterocycles. The topological polar surface area (TPSA) is 49.3 Å². The van der Waals surface area contributed by atoms with Gasteiger partial charge < -0.3 is 0 Å². The minimum atomic E-state index is 0.181. The highest BCUT2D eigenvalue weighted by atomic mass is 16.5. The molecule has 0 radical (unpaired) electrons. The van der Waals surface area contributed by atoms with Gasteiger partial charge in [0.15, 0.2) is 0 Å². The van der Waals surface area contributed by atoms with Crippen molar-refractivity contribution in [2.75, 3.05) is 0 Å². The molecule has 0 bridgehead atoms. The molecule has 2 N–H and O–H groups in total. The van der Waals surface area contributed by atoms with Gasteiger partial charge >= 0.3 is 0 Å². The summed E-state index contributed by atoms with van der Waals surface area (Å²) in [4.78, 5) is 8.81. The van der Waals surface area contributed by atoms with E-state index < -0.39 is 0 Å². The lowest BCUT2D eigenvalue weighted by Gasteiger charge is -2.04. The van der Waals surface area contributed by atoms with Crippen LogP contribution < -0.4 is 5.48 Å². The third-order valence-corrected chi connectivity index (χ3v) is 3.39. The molecule has 2 rings (SSSR count). The van der Waals surface area contributed by atoms with Crippen molar-refractivity contribution in [3.63, 3.8) is 0 Å². The number of rotatable bonds is 7. The lowest BCUT2D eigenvalue weighted by molar-refractivity contribution is -0.116. The number of aryl methyl sites for hydroxylation is 3. The zero-order valence-corrected chi connectivity index (χ0v) is 13.2. The van der Waals surface area contributed by atoms with Gasteiger partial charge in [-0.3, -0.25) is 10.0 Å². The van der Waals surface area contributed by atoms with Crippen LogP contribution in [0.1, 0.15) is 36.5 Å². The standard InChI is InChI=1S/C18H22.CH3NO2/c1-2-7-16-12-14-18(15-13-16)11-6-10-17-8-4-3-5-9-17;3-1-2-4/h3-5,8-9,12-15H,2,6-7,10-11H2,1H3;1,4H,(H,2,3). The number of amides is 1. The second-order valence-electron chi connectivity index (χ2n) is 5.15. The molecule has 0 heterocycles. The number of carbonyl (C=O) groups excluding carboxylic acids is 1. The predicted octanol–water partition coefficient (Wildman–Crippen LogP) is 3.94. The van der Waals surface area contributed by atoms with Crippen LogP contribution in [0.4, 0.5) is 0 Å². The molecule has 2 aromatic rings. The van der Waals surface area contributed by atoms with Gasteiger partial charge in [-0.15, -0.1) is 0 Å². The first-order valence-corrected chi connectivity index (χ1v) is 7.75. The molecule has 0 aliphatic rings. The SMILES string of the molecule is CCCc1ccc(CCCc2ccccc2)cc1.O=CNO. The summed E-state index contributed by atoms with van der Waals surface area (Å²) in [6, 6.07) is 19.9. The smallest absolute Gasteiger partial charge is 0.230 e. The largest absolute Gasteiger partial charge is 0.289 e. The monoisotopic (exact) mass is 299 g/mol. The third-order valence-electron chi connectivity index (χ3n) is 3.39. The Bertz CT molecular complexity index is 509. The van der Waals surface area contributed by atoms with Gasteiger partial charge in [-0.25, -0.2) is 5.48 Å². The van der Waals surface area contributed by atoms with Gasteiger partial charge in [0.25, 0.3) is 0 Å². The fraction of sp³-hybridized carbons (Fsp3) is 0.316. The minimum Gasteiger partial charge on any atom is -0.289 e. The van der Waals surface area contributed by atoms with E-state index in [0.717, 1.165) is 0 Å². The van der Waals surface area contributed by atoms with Crippen molar-refractivity contribution in [2.45, 2.75) is 39.0 Å². The second kappa shape index (κ2) is 11.5. The maximum atomic E-state index is 8.81. The summed E-state index contributed by atoms with van der Waals surface area (Å²) in [6.07, 6.45) is 6.20. The normalized spacial score (nSPS) is 9.55. The van der Waals surface area contributed by atoms with Crippen LogP contribution in [0.3, 0.4) is 0 Å². The van der Waals surface area contributed by atoms with Gasteiger partial charge in [0, 0.05) is 0 Å². The molecular formula is C19H25NO2. The number of hydroxylamine groups is 1. The zero-order chi connectivity index (χ0) is 16.0. The highest BCUT2D eigenvalue weighted by Gasteiger charge is 1.96. The number of hydrogen-bond acceptors (Lipinski definition) is 2. The fourth-order valence-electron chi connectivity index (χ4n) is 2.30. The Morgan fingerprint density at radius 1 is 0.864 bits per heavy atom. The zero-order valence-electron chi connectivity index (χ0n) is 13.2. The number of nitrogens with one attached hydrogen (secondary N) is 1. The first-order chi connectivity index (χ1) is 10.8. The van der Waals surface area contributed by atoms with Crippen molar-refractivity contribution in [2.24, 2.45) is 0 Å². The molecule has 0 unspecified atom stereocenters. The van der Waals surface area contributed by atoms with Gasteiger partial charge in [-0.05, 0) is 42.4 Å². The molecule has 1 amide bonds. The summed E-state index contributed by atoms with van der Waals surface area (Å²) in [5, 5.41) is 7.26. The Hall–Kier alpha value is -2.13. The summed E-state index contributed by atoms with van der Waals surface area (Å²) in [5.74, 6) is 0. The van der Waals surface area contributed by atoms with Crippen molar-refractivity contribution >= 4 is 6.41 Å². The molecular weight excluding hydrogens is 274 g/mol. The average molecular weight is 299 g/mol. The Labute approximate surface area is 133 Å². The maximum Gasteiger partial charge on any atom is 0.230 e. The predicted molar refractivity (Wildman–Crippen MR) is 89.9 cm³/mol. The van der Waals surface area contributed by atoms with E-state index in [0.29, 0.717) is 0 Å². The average Bonchev–Trinajstić information content (AvgIpc) is 2.58. The molecule has 2 aromatic carbocycles. The van der Waals surface area contributed by atoms with Crippen LogP contribution in [0.15, 0.2) is 54.6 Å². The van der Waals surface area contributed by atoms with Crippen molar-refractivity contribution in [1.29, 1.82) is 0 Å². The summed E-state index contributed by atoms with van der Waals surface area (Å²) < 4.78 is 0. The van der Waals surface area contributed by atoms with Crippen LogP contribution in [-0.4, -0.2) is 11.6 Å². The molecule has 0 atom stereocenters. The highest BCUT2D eigenvalue weighted by molar-refractivity contribution is 5.43. The molecule has 0 aromatic heterocycles. The Balaban J connectivity index is 0.000000541. The third kappa shape index (κ3) is 7.60. The van der Waals surface area contributed by atoms with Crippen LogP contribution in [0.5, 0.6) is 0 Å². The van der Waals surface area contributed by atoms with Crippen molar-refractivity contribution in [1.82, 2.24) is 5.48 Å². The van der Waals surface area contributed by atoms with Crippen LogP contribution in [0, 0.1) is 0 Å². The fourth-order valence-corrected chi connectivity index (χ4v) is 2.30. The van der Waals surface area contributed by atoms with Crippen molar-refractivity contribution < 1.29 is 10.0 Å². The van der Waals surface area contributed by atoms with Gasteiger partial charge in [-0.1, -0.05) is 67.9 Å². The summed E-state index contributed by atoms with van der Waals surface area (Å²) in [7, 11) is 0. The Morgan fingerprint density at radius 2 is 1.32 bits per heavy atom. The van der Waals surface area contributed by atoms with Crippen LogP contribution in [0.25, 0.3) is 0 Å². The number of carbonyl (C=O) groups is 1. The maximum absolute atomic E-state index is 8.81. The first kappa shape index (κ1) is 17.9. The molecule has 0 spiro atoms. The van der Waals surface area contributed by atoms with Crippen LogP contribution in [0.2, 0.25) is 0 Å². The Morgan fingerprint density at radius 3 is 1.77 bits per heavy atom. The number of hydrogen-bond donors (Lipinski definition) is 2. The Kier molecular flexibility index (Phi) is 9.38. The van der Waals surface area contributed by atoms with E-state index in [1.54, 1.807) is 0 Å². The molecule has 3 heteroatoms. The molecule has 0 saturated heterocycles. The van der Waals surface area contributed by atoms with E-state index in [1.807, 2.05) is 0 Å². The molecule has 0 saturated carbocycles. The van der Waals surface area contributed by atoms with E-state index in [1.165, 1.54) is 54.3 Å². The van der Waals surface area contributed by atoms with Crippen molar-refractivity contribution in [3.8, 4) is 0 Å². The van der Waals surface area contributed by atoms with Crippen LogP contribution in [-0.2, 0) is 24.1 Å². The van der Waals surface area contributed by atoms with E-state index in [2.05, 4.69) is 61.5 Å². The van der Waals surface area contributed by atoms with Gasteiger partial charge in [0.2, 0.25) is 6.41 Å². The van der Waals surface area contributed by atoms with Gasteiger partial charge in [0.05, 0.1) is 0 Å². The van der Waals surface area contributed by atoms with Gasteiger partial charge in [0.1, 0.15) is 0 Å². The highest BCUT2D eigenvalue weighted by Crippen LogP contribution is 2.10. The summed E-state index contributed by atoms with van der Waals surface area (Å²) >= 11 is 0. The molecule has 3 nitrogen and oxygen atoms in total. The molecule has 22 heavy (non-hydrogen) atoms. The lowest BCUT2D eigenvalue weighted by atomic mass is 10.0. The summed E-state index contributed by atoms with van der Waals surface area (Å²) in [5.41, 5.74) is 5.62.